The summed E-state index contributed by atoms with van der Waals surface area (Å²) in [6, 6.07) is 16.0. The van der Waals surface area contributed by atoms with Gasteiger partial charge in [0.2, 0.25) is 5.91 Å². The first-order valence-corrected chi connectivity index (χ1v) is 10.3. The Morgan fingerprint density at radius 3 is 2.89 bits per heavy atom. The van der Waals surface area contributed by atoms with Crippen molar-refractivity contribution in [1.82, 2.24) is 14.9 Å². The lowest BCUT2D eigenvalue weighted by atomic mass is 10.0. The number of rotatable bonds is 5. The van der Waals surface area contributed by atoms with Gasteiger partial charge >= 0.3 is 0 Å². The first-order valence-electron chi connectivity index (χ1n) is 9.41. The Balaban J connectivity index is 1.47. The lowest BCUT2D eigenvalue weighted by molar-refractivity contribution is -0.121. The number of imidazole rings is 1. The Labute approximate surface area is 169 Å². The van der Waals surface area contributed by atoms with Crippen LogP contribution in [-0.4, -0.2) is 27.3 Å². The van der Waals surface area contributed by atoms with Gasteiger partial charge in [-0.2, -0.15) is 0 Å². The summed E-state index contributed by atoms with van der Waals surface area (Å²) < 4.78 is 7.72. The summed E-state index contributed by atoms with van der Waals surface area (Å²) in [5.74, 6) is 0.862. The summed E-state index contributed by atoms with van der Waals surface area (Å²) >= 11 is 1.47. The van der Waals surface area contributed by atoms with Crippen LogP contribution in [-0.2, 0) is 4.79 Å². The van der Waals surface area contributed by atoms with Crippen molar-refractivity contribution in [3.63, 3.8) is 0 Å². The lowest BCUT2D eigenvalue weighted by Crippen LogP contribution is -2.36. The zero-order valence-corrected chi connectivity index (χ0v) is 16.8. The molecule has 2 aromatic carbocycles. The lowest BCUT2D eigenvalue weighted by Gasteiger charge is -2.27. The SMILES string of the molecule is Cc1ccccc1-n1ccnc1S[C@@H](C)C(=O)N[C@H]1CCOc2ccccc21. The van der Waals surface area contributed by atoms with Crippen LogP contribution >= 0.6 is 11.8 Å². The maximum atomic E-state index is 12.9. The molecular formula is C22H23N3O2S. The van der Waals surface area contributed by atoms with Crippen molar-refractivity contribution in [3.8, 4) is 11.4 Å². The van der Waals surface area contributed by atoms with E-state index in [1.165, 1.54) is 17.3 Å². The predicted molar refractivity (Wildman–Crippen MR) is 111 cm³/mol. The van der Waals surface area contributed by atoms with Gasteiger partial charge in [0.05, 0.1) is 23.6 Å². The Hall–Kier alpha value is -2.73. The van der Waals surface area contributed by atoms with Crippen molar-refractivity contribution < 1.29 is 9.53 Å². The molecule has 5 nitrogen and oxygen atoms in total. The minimum Gasteiger partial charge on any atom is -0.493 e. The second-order valence-corrected chi connectivity index (χ2v) is 8.17. The van der Waals surface area contributed by atoms with E-state index in [-0.39, 0.29) is 17.2 Å². The number of amides is 1. The van der Waals surface area contributed by atoms with Crippen LogP contribution in [0.5, 0.6) is 5.75 Å². The van der Waals surface area contributed by atoms with Crippen molar-refractivity contribution in [3.05, 3.63) is 72.1 Å². The maximum absolute atomic E-state index is 12.9. The quantitative estimate of drug-likeness (QED) is 0.657. The van der Waals surface area contributed by atoms with Gasteiger partial charge < -0.3 is 10.1 Å². The number of fused-ring (bicyclic) bond motifs is 1. The van der Waals surface area contributed by atoms with Crippen LogP contribution in [0.15, 0.2) is 66.1 Å². The number of hydrogen-bond donors (Lipinski definition) is 1. The number of benzene rings is 2. The van der Waals surface area contributed by atoms with E-state index >= 15 is 0 Å². The fourth-order valence-corrected chi connectivity index (χ4v) is 4.27. The fourth-order valence-electron chi connectivity index (χ4n) is 3.39. The number of carbonyl (C=O) groups is 1. The van der Waals surface area contributed by atoms with Crippen molar-refractivity contribution in [1.29, 1.82) is 0 Å². The second kappa shape index (κ2) is 8.10. The van der Waals surface area contributed by atoms with E-state index in [2.05, 4.69) is 29.4 Å². The molecule has 0 fully saturated rings. The summed E-state index contributed by atoms with van der Waals surface area (Å²) in [4.78, 5) is 17.3. The summed E-state index contributed by atoms with van der Waals surface area (Å²) in [5, 5.41) is 3.73. The number of nitrogens with zero attached hydrogens (tertiary/aromatic N) is 2. The van der Waals surface area contributed by atoms with Crippen LogP contribution in [0.3, 0.4) is 0 Å². The van der Waals surface area contributed by atoms with Gasteiger partial charge in [0, 0.05) is 24.4 Å². The molecule has 0 aliphatic carbocycles. The molecule has 1 aromatic heterocycles. The Kier molecular flexibility index (Phi) is 5.39. The molecule has 3 aromatic rings. The molecule has 0 unspecified atom stereocenters. The summed E-state index contributed by atoms with van der Waals surface area (Å²) in [6.07, 6.45) is 4.48. The van der Waals surface area contributed by atoms with E-state index in [4.69, 9.17) is 4.74 Å². The Morgan fingerprint density at radius 1 is 1.25 bits per heavy atom. The minimum absolute atomic E-state index is 0.00559. The maximum Gasteiger partial charge on any atom is 0.233 e. The van der Waals surface area contributed by atoms with Gasteiger partial charge in [0.1, 0.15) is 5.75 Å². The average Bonchev–Trinajstić information content (AvgIpc) is 3.16. The van der Waals surface area contributed by atoms with Crippen molar-refractivity contribution >= 4 is 17.7 Å². The van der Waals surface area contributed by atoms with E-state index in [1.54, 1.807) is 6.20 Å². The van der Waals surface area contributed by atoms with Gasteiger partial charge in [-0.3, -0.25) is 9.36 Å². The van der Waals surface area contributed by atoms with Gasteiger partial charge in [-0.25, -0.2) is 4.98 Å². The van der Waals surface area contributed by atoms with E-state index in [0.717, 1.165) is 28.6 Å². The third kappa shape index (κ3) is 3.78. The van der Waals surface area contributed by atoms with Crippen molar-refractivity contribution in [2.24, 2.45) is 0 Å². The number of aryl methyl sites for hydroxylation is 1. The first kappa shape index (κ1) is 18.6. The van der Waals surface area contributed by atoms with Crippen LogP contribution < -0.4 is 10.1 Å². The number of aromatic nitrogens is 2. The standard InChI is InChI=1S/C22H23N3O2S/c1-15-7-3-5-9-19(15)25-13-12-23-22(25)28-16(2)21(26)24-18-11-14-27-20-10-6-4-8-17(18)20/h3-10,12-13,16,18H,11,14H2,1-2H3,(H,24,26)/t16-,18-/m0/s1. The fraction of sp³-hybridized carbons (Fsp3) is 0.273. The molecule has 0 saturated heterocycles. The number of hydrogen-bond acceptors (Lipinski definition) is 4. The molecule has 0 bridgehead atoms. The van der Waals surface area contributed by atoms with Gasteiger partial charge in [0.15, 0.2) is 5.16 Å². The van der Waals surface area contributed by atoms with Crippen molar-refractivity contribution in [2.75, 3.05) is 6.61 Å². The number of nitrogens with one attached hydrogen (secondary N) is 1. The molecule has 144 valence electrons. The highest BCUT2D eigenvalue weighted by molar-refractivity contribution is 8.00. The van der Waals surface area contributed by atoms with Gasteiger partial charge in [0.25, 0.3) is 0 Å². The summed E-state index contributed by atoms with van der Waals surface area (Å²) in [7, 11) is 0. The Morgan fingerprint density at radius 2 is 2.04 bits per heavy atom. The third-order valence-electron chi connectivity index (χ3n) is 4.91. The number of ether oxygens (including phenoxy) is 1. The molecule has 28 heavy (non-hydrogen) atoms. The molecule has 1 aliphatic heterocycles. The predicted octanol–water partition coefficient (Wildman–Crippen LogP) is 4.30. The molecule has 1 amide bonds. The first-order chi connectivity index (χ1) is 13.6. The topological polar surface area (TPSA) is 56.2 Å². The highest BCUT2D eigenvalue weighted by Gasteiger charge is 2.25. The smallest absolute Gasteiger partial charge is 0.233 e. The second-order valence-electron chi connectivity index (χ2n) is 6.86. The van der Waals surface area contributed by atoms with Crippen LogP contribution in [0.25, 0.3) is 5.69 Å². The van der Waals surface area contributed by atoms with Gasteiger partial charge in [-0.15, -0.1) is 0 Å². The third-order valence-corrected chi connectivity index (χ3v) is 5.99. The average molecular weight is 394 g/mol. The summed E-state index contributed by atoms with van der Waals surface area (Å²) in [6.45, 7) is 4.60. The molecule has 1 N–H and O–H groups in total. The zero-order valence-electron chi connectivity index (χ0n) is 16.0. The monoisotopic (exact) mass is 393 g/mol. The molecule has 0 radical (unpaired) electrons. The number of thioether (sulfide) groups is 1. The molecule has 0 spiro atoms. The minimum atomic E-state index is -0.264. The molecular weight excluding hydrogens is 370 g/mol. The van der Waals surface area contributed by atoms with Crippen LogP contribution in [0.4, 0.5) is 0 Å². The molecule has 2 heterocycles. The van der Waals surface area contributed by atoms with E-state index in [0.29, 0.717) is 6.61 Å². The van der Waals surface area contributed by atoms with Crippen LogP contribution in [0.2, 0.25) is 0 Å². The largest absolute Gasteiger partial charge is 0.493 e. The van der Waals surface area contributed by atoms with E-state index in [1.807, 2.05) is 54.1 Å². The Bertz CT molecular complexity index is 985. The van der Waals surface area contributed by atoms with Gasteiger partial charge in [-0.05, 0) is 31.5 Å². The molecule has 4 rings (SSSR count). The van der Waals surface area contributed by atoms with Crippen LogP contribution in [0, 0.1) is 6.92 Å². The van der Waals surface area contributed by atoms with Crippen LogP contribution in [0.1, 0.15) is 30.5 Å². The number of para-hydroxylation sites is 2. The van der Waals surface area contributed by atoms with Crippen molar-refractivity contribution in [2.45, 2.75) is 36.7 Å². The van der Waals surface area contributed by atoms with E-state index in [9.17, 15) is 4.79 Å². The molecule has 2 atom stereocenters. The van der Waals surface area contributed by atoms with E-state index < -0.39 is 0 Å². The molecule has 1 aliphatic rings. The highest BCUT2D eigenvalue weighted by atomic mass is 32.2. The zero-order chi connectivity index (χ0) is 19.5. The van der Waals surface area contributed by atoms with Gasteiger partial charge in [-0.1, -0.05) is 48.2 Å². The summed E-state index contributed by atoms with van der Waals surface area (Å²) in [5.41, 5.74) is 3.28. The normalized spacial score (nSPS) is 16.7. The molecule has 0 saturated carbocycles. The molecule has 6 heteroatoms. The number of carbonyl (C=O) groups excluding carboxylic acids is 1. The highest BCUT2D eigenvalue weighted by Crippen LogP contribution is 2.32.